The summed E-state index contributed by atoms with van der Waals surface area (Å²) in [5.41, 5.74) is 20.7. The molecule has 0 fully saturated rings. The minimum absolute atomic E-state index is 0.488. The van der Waals surface area contributed by atoms with Crippen LogP contribution in [0.15, 0.2) is 245 Å². The lowest BCUT2D eigenvalue weighted by Crippen LogP contribution is -2.25. The van der Waals surface area contributed by atoms with E-state index >= 15 is 0 Å². The van der Waals surface area contributed by atoms with Crippen molar-refractivity contribution in [2.24, 2.45) is 0 Å². The summed E-state index contributed by atoms with van der Waals surface area (Å²) in [5, 5.41) is 6.51. The predicted octanol–water partition coefficient (Wildman–Crippen LogP) is 17.8. The average Bonchev–Trinajstić information content (AvgIpc) is 4.14. The van der Waals surface area contributed by atoms with Crippen LogP contribution in [0.1, 0.15) is 22.3 Å². The van der Waals surface area contributed by atoms with Crippen molar-refractivity contribution < 1.29 is 8.83 Å². The molecule has 3 nitrogen and oxygen atoms in total. The molecule has 0 atom stereocenters. The fraction of sp³-hybridized carbons (Fsp3) is 0.0154. The molecule has 2 heterocycles. The zero-order valence-corrected chi connectivity index (χ0v) is 36.8. The fourth-order valence-electron chi connectivity index (χ4n) is 12.1. The van der Waals surface area contributed by atoms with E-state index in [-0.39, 0.29) is 0 Å². The molecule has 11 aromatic carbocycles. The third kappa shape index (κ3) is 5.02. The van der Waals surface area contributed by atoms with Gasteiger partial charge in [-0.1, -0.05) is 188 Å². The lowest BCUT2D eigenvalue weighted by Gasteiger charge is -2.30. The highest BCUT2D eigenvalue weighted by molar-refractivity contribution is 6.27. The Balaban J connectivity index is 1.04. The van der Waals surface area contributed by atoms with Crippen LogP contribution in [0.2, 0.25) is 0 Å². The molecule has 0 saturated carbocycles. The van der Waals surface area contributed by atoms with E-state index in [1.165, 1.54) is 66.4 Å². The number of benzene rings is 11. The Labute approximate surface area is 392 Å². The van der Waals surface area contributed by atoms with Crippen LogP contribution in [-0.4, -0.2) is 0 Å². The molecular formula is C65H39NO2. The monoisotopic (exact) mass is 865 g/mol. The van der Waals surface area contributed by atoms with Crippen LogP contribution in [0.3, 0.4) is 0 Å². The van der Waals surface area contributed by atoms with Crippen LogP contribution in [0, 0.1) is 0 Å². The largest absolute Gasteiger partial charge is 0.456 e. The molecule has 15 rings (SSSR count). The van der Waals surface area contributed by atoms with Gasteiger partial charge in [-0.25, -0.2) is 0 Å². The predicted molar refractivity (Wildman–Crippen MR) is 280 cm³/mol. The smallest absolute Gasteiger partial charge is 0.144 e. The van der Waals surface area contributed by atoms with Crippen LogP contribution < -0.4 is 4.90 Å². The zero-order valence-electron chi connectivity index (χ0n) is 36.8. The molecule has 0 aliphatic heterocycles. The number of para-hydroxylation sites is 1. The number of anilines is 3. The topological polar surface area (TPSA) is 29.5 Å². The second kappa shape index (κ2) is 14.0. The maximum Gasteiger partial charge on any atom is 0.144 e. The van der Waals surface area contributed by atoms with Crippen molar-refractivity contribution in [1.82, 2.24) is 0 Å². The molecule has 0 saturated heterocycles. The highest BCUT2D eigenvalue weighted by Gasteiger charge is 2.52. The summed E-state index contributed by atoms with van der Waals surface area (Å²) in [4.78, 5) is 2.39. The highest BCUT2D eigenvalue weighted by Crippen LogP contribution is 2.64. The molecule has 2 aromatic heterocycles. The zero-order chi connectivity index (χ0) is 44.5. The molecule has 1 spiro atoms. The molecule has 0 amide bonds. The molecule has 0 bridgehead atoms. The standard InChI is InChI=1S/C65H39NO2/c1-2-16-40(17-3-1)42-32-35-44(36-33-42)66(45-37-34-41-18-4-5-19-43(41)38-45)56-29-15-31-58-61(56)51-39-59-62(49-23-9-13-30-57(49)67-59)63(64(51)68-58)50-24-14-28-55-60(50)48-22-8-12-27-54(48)65(55)52-25-10-6-20-46(52)47-21-7-11-26-53(47)65/h1-39H. The number of hydrogen-bond acceptors (Lipinski definition) is 3. The van der Waals surface area contributed by atoms with Gasteiger partial charge in [-0.05, 0) is 121 Å². The minimum Gasteiger partial charge on any atom is -0.456 e. The van der Waals surface area contributed by atoms with E-state index in [9.17, 15) is 0 Å². The van der Waals surface area contributed by atoms with Crippen molar-refractivity contribution in [2.45, 2.75) is 5.41 Å². The van der Waals surface area contributed by atoms with E-state index < -0.39 is 5.41 Å². The summed E-state index contributed by atoms with van der Waals surface area (Å²) in [6, 6.07) is 86.0. The van der Waals surface area contributed by atoms with Crippen molar-refractivity contribution in [1.29, 1.82) is 0 Å². The number of nitrogens with zero attached hydrogens (tertiary/aromatic N) is 1. The van der Waals surface area contributed by atoms with Crippen LogP contribution >= 0.6 is 0 Å². The first kappa shape index (κ1) is 37.3. The quantitative estimate of drug-likeness (QED) is 0.173. The van der Waals surface area contributed by atoms with Gasteiger partial charge in [0, 0.05) is 33.1 Å². The molecule has 0 N–H and O–H groups in total. The molecule has 2 aliphatic carbocycles. The van der Waals surface area contributed by atoms with Gasteiger partial charge in [0.05, 0.1) is 16.5 Å². The van der Waals surface area contributed by atoms with Crippen LogP contribution in [-0.2, 0) is 5.41 Å². The molecule has 68 heavy (non-hydrogen) atoms. The second-order valence-electron chi connectivity index (χ2n) is 18.2. The maximum atomic E-state index is 7.38. The van der Waals surface area contributed by atoms with E-state index in [4.69, 9.17) is 8.83 Å². The van der Waals surface area contributed by atoms with Crippen molar-refractivity contribution >= 4 is 71.7 Å². The molecule has 316 valence electrons. The Morgan fingerprint density at radius 2 is 0.912 bits per heavy atom. The lowest BCUT2D eigenvalue weighted by molar-refractivity contribution is 0.664. The van der Waals surface area contributed by atoms with Gasteiger partial charge in [0.2, 0.25) is 0 Å². The fourth-order valence-corrected chi connectivity index (χ4v) is 12.1. The first-order chi connectivity index (χ1) is 33.7. The van der Waals surface area contributed by atoms with E-state index in [0.717, 1.165) is 72.1 Å². The Morgan fingerprint density at radius 1 is 0.324 bits per heavy atom. The van der Waals surface area contributed by atoms with E-state index in [1.54, 1.807) is 0 Å². The van der Waals surface area contributed by atoms with E-state index in [2.05, 4.69) is 241 Å². The summed E-state index contributed by atoms with van der Waals surface area (Å²) in [7, 11) is 0. The summed E-state index contributed by atoms with van der Waals surface area (Å²) >= 11 is 0. The molecule has 0 unspecified atom stereocenters. The number of hydrogen-bond donors (Lipinski definition) is 0. The first-order valence-electron chi connectivity index (χ1n) is 23.4. The van der Waals surface area contributed by atoms with Gasteiger partial charge in [-0.2, -0.15) is 0 Å². The average molecular weight is 866 g/mol. The SMILES string of the molecule is c1ccc(-c2ccc(N(c3ccc4ccccc4c3)c3cccc4oc5c(-c6cccc7c6-c6ccccc6C76c7ccccc7-c7ccccc76)c6c(cc5c34)oc3ccccc36)cc2)cc1. The van der Waals surface area contributed by atoms with Crippen LogP contribution in [0.25, 0.3) is 99.2 Å². The second-order valence-corrected chi connectivity index (χ2v) is 18.2. The van der Waals surface area contributed by atoms with Gasteiger partial charge >= 0.3 is 0 Å². The first-order valence-corrected chi connectivity index (χ1v) is 23.4. The summed E-state index contributed by atoms with van der Waals surface area (Å²) < 4.78 is 14.3. The molecule has 2 aliphatic rings. The van der Waals surface area contributed by atoms with E-state index in [1.807, 2.05) is 0 Å². The summed E-state index contributed by atoms with van der Waals surface area (Å²) in [6.07, 6.45) is 0. The van der Waals surface area contributed by atoms with Gasteiger partial charge in [0.1, 0.15) is 22.3 Å². The van der Waals surface area contributed by atoms with Gasteiger partial charge in [0.25, 0.3) is 0 Å². The Hall–Kier alpha value is -8.92. The Morgan fingerprint density at radius 3 is 1.71 bits per heavy atom. The lowest BCUT2D eigenvalue weighted by atomic mass is 9.70. The third-order valence-electron chi connectivity index (χ3n) is 14.9. The van der Waals surface area contributed by atoms with Crippen LogP contribution in [0.4, 0.5) is 17.1 Å². The summed E-state index contributed by atoms with van der Waals surface area (Å²) in [5.74, 6) is 0. The molecule has 0 radical (unpaired) electrons. The van der Waals surface area contributed by atoms with Gasteiger partial charge < -0.3 is 13.7 Å². The molecule has 3 heteroatoms. The van der Waals surface area contributed by atoms with Crippen LogP contribution in [0.5, 0.6) is 0 Å². The number of fused-ring (bicyclic) bond motifs is 17. The highest BCUT2D eigenvalue weighted by atomic mass is 16.3. The molecular weight excluding hydrogens is 827 g/mol. The van der Waals surface area contributed by atoms with Crippen molar-refractivity contribution in [2.75, 3.05) is 4.90 Å². The van der Waals surface area contributed by atoms with Crippen molar-refractivity contribution in [3.05, 3.63) is 259 Å². The maximum absolute atomic E-state index is 7.38. The third-order valence-corrected chi connectivity index (χ3v) is 14.9. The van der Waals surface area contributed by atoms with E-state index in [0.29, 0.717) is 0 Å². The minimum atomic E-state index is -0.488. The van der Waals surface area contributed by atoms with Crippen molar-refractivity contribution in [3.63, 3.8) is 0 Å². The Bertz CT molecular complexity index is 4170. The Kier molecular flexibility index (Phi) is 7.71. The van der Waals surface area contributed by atoms with Gasteiger partial charge in [-0.3, -0.25) is 0 Å². The van der Waals surface area contributed by atoms with Crippen molar-refractivity contribution in [3.8, 4) is 44.5 Å². The summed E-state index contributed by atoms with van der Waals surface area (Å²) in [6.45, 7) is 0. The normalized spacial score (nSPS) is 13.1. The number of rotatable bonds is 5. The molecule has 13 aromatic rings. The number of furan rings is 2. The van der Waals surface area contributed by atoms with Gasteiger partial charge in [0.15, 0.2) is 0 Å². The van der Waals surface area contributed by atoms with Gasteiger partial charge in [-0.15, -0.1) is 0 Å².